The van der Waals surface area contributed by atoms with Crippen LogP contribution in [0.25, 0.3) is 22.6 Å². The number of fused-ring (bicyclic) bond motifs is 4. The van der Waals surface area contributed by atoms with E-state index in [4.69, 9.17) is 9.47 Å². The van der Waals surface area contributed by atoms with Crippen molar-refractivity contribution in [2.75, 3.05) is 31.0 Å². The van der Waals surface area contributed by atoms with Gasteiger partial charge in [-0.15, -0.1) is 0 Å². The second-order valence-corrected chi connectivity index (χ2v) is 16.0. The van der Waals surface area contributed by atoms with Gasteiger partial charge in [-0.25, -0.2) is 19.6 Å². The Kier molecular flexibility index (Phi) is 13.9. The average Bonchev–Trinajstić information content (AvgIpc) is 3.19. The molecule has 6 heterocycles. The van der Waals surface area contributed by atoms with Crippen molar-refractivity contribution < 1.29 is 21.9 Å². The molecule has 4 fully saturated rings. The summed E-state index contributed by atoms with van der Waals surface area (Å²) in [4.78, 5) is 38.6. The topological polar surface area (TPSA) is 135 Å². The minimum atomic E-state index is -0.000773. The highest BCUT2D eigenvalue weighted by Gasteiger charge is 2.47. The van der Waals surface area contributed by atoms with Crippen molar-refractivity contribution in [2.45, 2.75) is 118 Å². The number of anilines is 2. The highest BCUT2D eigenvalue weighted by Crippen LogP contribution is 2.42. The Hall–Kier alpha value is -4.94. The number of urea groups is 2. The Morgan fingerprint density at radius 1 is 0.719 bits per heavy atom. The number of nitrogens with one attached hydrogen (secondary N) is 2. The summed E-state index contributed by atoms with van der Waals surface area (Å²) < 4.78 is 10.6. The van der Waals surface area contributed by atoms with Crippen molar-refractivity contribution in [3.05, 3.63) is 83.3 Å². The van der Waals surface area contributed by atoms with Gasteiger partial charge in [-0.05, 0) is 125 Å². The lowest BCUT2D eigenvalue weighted by Crippen LogP contribution is -2.63. The normalized spacial score (nSPS) is 22.7. The molecule has 2 aromatic carbocycles. The molecular formula is C45H64N8O4. The summed E-state index contributed by atoms with van der Waals surface area (Å²) in [6.45, 7) is 16.0. The fourth-order valence-electron chi connectivity index (χ4n) is 8.72. The van der Waals surface area contributed by atoms with E-state index in [0.717, 1.165) is 95.2 Å². The fourth-order valence-corrected chi connectivity index (χ4v) is 8.72. The number of aromatic nitrogens is 4. The third-order valence-corrected chi connectivity index (χ3v) is 11.5. The summed E-state index contributed by atoms with van der Waals surface area (Å²) in [6, 6.07) is 19.3. The van der Waals surface area contributed by atoms with Gasteiger partial charge in [0.25, 0.3) is 0 Å². The number of rotatable bonds is 9. The van der Waals surface area contributed by atoms with Crippen LogP contribution in [0.4, 0.5) is 21.0 Å². The molecule has 57 heavy (non-hydrogen) atoms. The number of nitrogens with zero attached hydrogens (tertiary/aromatic N) is 6. The van der Waals surface area contributed by atoms with Gasteiger partial charge in [0.15, 0.2) is 5.82 Å². The molecule has 308 valence electrons. The van der Waals surface area contributed by atoms with Crippen LogP contribution in [0, 0.1) is 32.6 Å². The number of carbonyl (C=O) groups excluding carboxylic acids is 2. The zero-order valence-electron chi connectivity index (χ0n) is 34.9. The molecule has 4 bridgehead atoms. The predicted molar refractivity (Wildman–Crippen MR) is 229 cm³/mol. The molecule has 0 saturated carbocycles. The van der Waals surface area contributed by atoms with Gasteiger partial charge in [0, 0.05) is 62.8 Å². The van der Waals surface area contributed by atoms with Gasteiger partial charge in [-0.3, -0.25) is 0 Å². The van der Waals surface area contributed by atoms with Gasteiger partial charge in [0.1, 0.15) is 0 Å². The smallest absolute Gasteiger partial charge is 0.322 e. The van der Waals surface area contributed by atoms with Crippen LogP contribution in [-0.2, 0) is 16.1 Å². The number of amides is 4. The van der Waals surface area contributed by atoms with E-state index >= 15 is 0 Å². The number of hydrogen-bond acceptors (Lipinski definition) is 8. The molecule has 4 unspecified atom stereocenters. The SMILES string of the molecule is CC.COCCOCc1ccnc(-c2cc(NC(=O)N3C4CC(C)CC3C4)ccc2C)n1.Cc1ccc(-c2cc(NC(=O)N3C4CC(C)CC3C4)ccc2C)nn1.[HH].[HH]. The monoisotopic (exact) mass is 781 g/mol. The summed E-state index contributed by atoms with van der Waals surface area (Å²) in [5.41, 5.74) is 8.19. The van der Waals surface area contributed by atoms with Crippen molar-refractivity contribution in [2.24, 2.45) is 11.8 Å². The van der Waals surface area contributed by atoms with Gasteiger partial charge >= 0.3 is 12.1 Å². The summed E-state index contributed by atoms with van der Waals surface area (Å²) in [7, 11) is 1.65. The Balaban J connectivity index is 0.000000245. The van der Waals surface area contributed by atoms with Crippen LogP contribution < -0.4 is 10.6 Å². The summed E-state index contributed by atoms with van der Waals surface area (Å²) in [5, 5.41) is 14.6. The van der Waals surface area contributed by atoms with Crippen molar-refractivity contribution in [3.63, 3.8) is 0 Å². The largest absolute Gasteiger partial charge is 0.382 e. The molecular weight excluding hydrogens is 717 g/mol. The maximum atomic E-state index is 12.8. The van der Waals surface area contributed by atoms with E-state index in [1.54, 1.807) is 13.3 Å². The van der Waals surface area contributed by atoms with Gasteiger partial charge in [-0.2, -0.15) is 10.2 Å². The van der Waals surface area contributed by atoms with Gasteiger partial charge in [0.05, 0.1) is 36.9 Å². The van der Waals surface area contributed by atoms with E-state index in [-0.39, 0.29) is 14.9 Å². The molecule has 0 spiro atoms. The van der Waals surface area contributed by atoms with Crippen molar-refractivity contribution >= 4 is 23.4 Å². The van der Waals surface area contributed by atoms with E-state index in [9.17, 15) is 9.59 Å². The van der Waals surface area contributed by atoms with Crippen LogP contribution >= 0.6 is 0 Å². The minimum Gasteiger partial charge on any atom is -0.382 e. The Morgan fingerprint density at radius 2 is 1.26 bits per heavy atom. The number of ether oxygens (including phenoxy) is 2. The van der Waals surface area contributed by atoms with Gasteiger partial charge in [0.2, 0.25) is 0 Å². The molecule has 0 radical (unpaired) electrons. The standard InChI is InChI=1S/C23H30N4O3.C20H24N4O.C2H6.2H2/c1-15-10-19-13-20(11-15)27(19)23(28)26-17-5-4-16(2)21(12-17)22-24-7-6-18(25-22)14-30-9-8-29-3;1-12-8-16-11-17(9-12)24(16)20(25)21-15-6-4-13(2)18(10-15)19-7-5-14(3)22-23-19;1-2;;/h4-7,12,15,19-20H,8-11,13-14H2,1-3H3,(H,26,28);4-7,10,12,16-17H,8-9,11H2,1-3H3,(H,21,25);1-2H3;2*1H. The highest BCUT2D eigenvalue weighted by atomic mass is 16.5. The quantitative estimate of drug-likeness (QED) is 0.160. The van der Waals surface area contributed by atoms with E-state index in [0.29, 0.717) is 55.7 Å². The third kappa shape index (κ3) is 9.96. The molecule has 2 N–H and O–H groups in total. The first-order valence-corrected chi connectivity index (χ1v) is 20.7. The summed E-state index contributed by atoms with van der Waals surface area (Å²) in [6.07, 6.45) is 8.51. The molecule has 12 nitrogen and oxygen atoms in total. The second-order valence-electron chi connectivity index (χ2n) is 16.0. The molecule has 4 amide bonds. The Morgan fingerprint density at radius 3 is 1.79 bits per heavy atom. The van der Waals surface area contributed by atoms with Crippen LogP contribution in [0.5, 0.6) is 0 Å². The van der Waals surface area contributed by atoms with E-state index in [2.05, 4.69) is 44.6 Å². The first-order valence-electron chi connectivity index (χ1n) is 20.7. The predicted octanol–water partition coefficient (Wildman–Crippen LogP) is 9.70. The van der Waals surface area contributed by atoms with Gasteiger partial charge < -0.3 is 29.9 Å². The van der Waals surface area contributed by atoms with E-state index in [1.165, 1.54) is 0 Å². The third-order valence-electron chi connectivity index (χ3n) is 11.5. The summed E-state index contributed by atoms with van der Waals surface area (Å²) in [5.74, 6) is 2.08. The van der Waals surface area contributed by atoms with E-state index in [1.807, 2.05) is 99.0 Å². The molecule has 4 saturated heterocycles. The van der Waals surface area contributed by atoms with Crippen LogP contribution in [0.3, 0.4) is 0 Å². The summed E-state index contributed by atoms with van der Waals surface area (Å²) >= 11 is 0. The first kappa shape index (κ1) is 41.7. The average molecular weight is 781 g/mol. The zero-order chi connectivity index (χ0) is 40.6. The number of benzene rings is 2. The molecule has 8 rings (SSSR count). The van der Waals surface area contributed by atoms with Crippen LogP contribution in [0.15, 0.2) is 60.8 Å². The maximum absolute atomic E-state index is 12.8. The molecule has 0 aliphatic carbocycles. The molecule has 4 aliphatic heterocycles. The van der Waals surface area contributed by atoms with Crippen molar-refractivity contribution in [3.8, 4) is 22.6 Å². The number of aryl methyl sites for hydroxylation is 3. The number of methoxy groups -OCH3 is 1. The molecule has 4 aliphatic rings. The molecule has 4 aromatic rings. The van der Waals surface area contributed by atoms with Crippen molar-refractivity contribution in [1.29, 1.82) is 0 Å². The Bertz CT molecular complexity index is 1980. The minimum absolute atomic E-state index is 0. The molecule has 12 heteroatoms. The first-order chi connectivity index (χ1) is 27.6. The van der Waals surface area contributed by atoms with Gasteiger partial charge in [-0.1, -0.05) is 39.8 Å². The molecule has 2 aromatic heterocycles. The van der Waals surface area contributed by atoms with Crippen molar-refractivity contribution in [1.82, 2.24) is 30.0 Å². The number of hydrogen-bond donors (Lipinski definition) is 2. The zero-order valence-corrected chi connectivity index (χ0v) is 34.9. The lowest BCUT2D eigenvalue weighted by molar-refractivity contribution is -0.00633. The second kappa shape index (κ2) is 19.0. The fraction of sp³-hybridized carbons (Fsp3) is 0.511. The lowest BCUT2D eigenvalue weighted by Gasteiger charge is -2.54. The maximum Gasteiger partial charge on any atom is 0.322 e. The Labute approximate surface area is 341 Å². The van der Waals surface area contributed by atoms with Crippen LogP contribution in [-0.4, -0.2) is 86.5 Å². The lowest BCUT2D eigenvalue weighted by atomic mass is 9.74. The van der Waals surface area contributed by atoms with E-state index < -0.39 is 0 Å². The molecule has 4 atom stereocenters. The highest BCUT2D eigenvalue weighted by molar-refractivity contribution is 5.92. The van der Waals surface area contributed by atoms with Crippen LogP contribution in [0.1, 0.15) is 91.6 Å². The van der Waals surface area contributed by atoms with Crippen LogP contribution in [0.2, 0.25) is 0 Å². The number of piperidine rings is 2. The number of carbonyl (C=O) groups is 2.